The Bertz CT molecular complexity index is 325. The van der Waals surface area contributed by atoms with Gasteiger partial charge in [-0.25, -0.2) is 4.79 Å². The lowest BCUT2D eigenvalue weighted by Gasteiger charge is -2.35. The van der Waals surface area contributed by atoms with Gasteiger partial charge >= 0.3 is 12.0 Å². The molecule has 110 valence electrons. The van der Waals surface area contributed by atoms with Crippen molar-refractivity contribution in [3.8, 4) is 0 Å². The number of hydrogen-bond acceptors (Lipinski definition) is 2. The van der Waals surface area contributed by atoms with Gasteiger partial charge in [0.05, 0.1) is 0 Å². The highest BCUT2D eigenvalue weighted by atomic mass is 16.4. The Morgan fingerprint density at radius 3 is 2.16 bits per heavy atom. The smallest absolute Gasteiger partial charge is 0.323 e. The zero-order valence-corrected chi connectivity index (χ0v) is 12.4. The van der Waals surface area contributed by atoms with E-state index in [1.807, 2.05) is 6.92 Å². The van der Waals surface area contributed by atoms with Crippen molar-refractivity contribution in [2.75, 3.05) is 13.6 Å². The van der Waals surface area contributed by atoms with Crippen LogP contribution in [-0.2, 0) is 4.79 Å². The molecule has 0 bridgehead atoms. The molecule has 19 heavy (non-hydrogen) atoms. The largest absolute Gasteiger partial charge is 0.480 e. The molecule has 0 heterocycles. The summed E-state index contributed by atoms with van der Waals surface area (Å²) in [7, 11) is 1.76. The topological polar surface area (TPSA) is 60.9 Å². The van der Waals surface area contributed by atoms with Gasteiger partial charge in [0.15, 0.2) is 0 Å². The number of carboxylic acid groups (broad SMARTS) is 1. The quantitative estimate of drug-likeness (QED) is 0.834. The van der Waals surface area contributed by atoms with Crippen molar-refractivity contribution in [3.63, 3.8) is 0 Å². The first-order valence-electron chi connectivity index (χ1n) is 7.09. The van der Waals surface area contributed by atoms with E-state index in [0.717, 1.165) is 25.7 Å². The van der Waals surface area contributed by atoms with Gasteiger partial charge in [0.25, 0.3) is 0 Å². The molecule has 1 rings (SSSR count). The van der Waals surface area contributed by atoms with E-state index in [4.69, 9.17) is 5.11 Å². The number of carboxylic acids is 1. The van der Waals surface area contributed by atoms with Crippen LogP contribution in [0.1, 0.15) is 46.5 Å². The maximum absolute atomic E-state index is 12.5. The van der Waals surface area contributed by atoms with Crippen LogP contribution in [0.3, 0.4) is 0 Å². The van der Waals surface area contributed by atoms with Crippen LogP contribution < -0.4 is 0 Å². The van der Waals surface area contributed by atoms with Crippen LogP contribution in [-0.4, -0.2) is 52.6 Å². The van der Waals surface area contributed by atoms with Crippen molar-refractivity contribution < 1.29 is 14.7 Å². The van der Waals surface area contributed by atoms with Crippen LogP contribution in [0.5, 0.6) is 0 Å². The molecule has 0 aromatic carbocycles. The summed E-state index contributed by atoms with van der Waals surface area (Å²) in [5.41, 5.74) is 0. The third kappa shape index (κ3) is 4.11. The first-order chi connectivity index (χ1) is 8.84. The fourth-order valence-corrected chi connectivity index (χ4v) is 2.54. The highest BCUT2D eigenvalue weighted by Gasteiger charge is 2.32. The molecule has 0 aromatic heterocycles. The number of amides is 2. The molecule has 5 heteroatoms. The third-order valence-electron chi connectivity index (χ3n) is 4.19. The molecule has 0 radical (unpaired) electrons. The Hall–Kier alpha value is -1.26. The van der Waals surface area contributed by atoms with E-state index >= 15 is 0 Å². The number of urea groups is 1. The van der Waals surface area contributed by atoms with Gasteiger partial charge in [0.1, 0.15) is 6.54 Å². The lowest BCUT2D eigenvalue weighted by Crippen LogP contribution is -2.51. The van der Waals surface area contributed by atoms with Crippen LogP contribution in [0.2, 0.25) is 0 Å². The first-order valence-corrected chi connectivity index (χ1v) is 7.09. The molecular weight excluding hydrogens is 244 g/mol. The SMILES string of the molecule is CC(C)C(C)N(C)C(=O)N(CC(=O)O)C1CCCC1. The molecule has 0 aliphatic heterocycles. The predicted octanol–water partition coefficient (Wildman–Crippen LogP) is 2.41. The summed E-state index contributed by atoms with van der Waals surface area (Å²) in [4.78, 5) is 26.7. The maximum Gasteiger partial charge on any atom is 0.323 e. The minimum absolute atomic E-state index is 0.0883. The molecular formula is C14H26N2O3. The van der Waals surface area contributed by atoms with Gasteiger partial charge < -0.3 is 14.9 Å². The van der Waals surface area contributed by atoms with Gasteiger partial charge in [-0.05, 0) is 25.7 Å². The zero-order valence-electron chi connectivity index (χ0n) is 12.4. The average Bonchev–Trinajstić information content (AvgIpc) is 2.86. The molecule has 1 unspecified atom stereocenters. The molecule has 1 fully saturated rings. The summed E-state index contributed by atoms with van der Waals surface area (Å²) >= 11 is 0. The summed E-state index contributed by atoms with van der Waals surface area (Å²) < 4.78 is 0. The number of carbonyl (C=O) groups excluding carboxylic acids is 1. The van der Waals surface area contributed by atoms with E-state index in [0.29, 0.717) is 5.92 Å². The van der Waals surface area contributed by atoms with E-state index in [-0.39, 0.29) is 24.7 Å². The van der Waals surface area contributed by atoms with E-state index in [1.165, 1.54) is 4.90 Å². The summed E-state index contributed by atoms with van der Waals surface area (Å²) in [6.45, 7) is 5.92. The average molecular weight is 270 g/mol. The Kier molecular flexibility index (Phi) is 5.63. The molecule has 0 aromatic rings. The van der Waals surface area contributed by atoms with Crippen LogP contribution in [0.25, 0.3) is 0 Å². The standard InChI is InChI=1S/C14H26N2O3/c1-10(2)11(3)15(4)14(19)16(9-13(17)18)12-7-5-6-8-12/h10-12H,5-9H2,1-4H3,(H,17,18). The molecule has 0 saturated heterocycles. The molecule has 1 aliphatic carbocycles. The number of carbonyl (C=O) groups is 2. The number of hydrogen-bond donors (Lipinski definition) is 1. The van der Waals surface area contributed by atoms with Gasteiger partial charge in [-0.1, -0.05) is 26.7 Å². The predicted molar refractivity (Wildman–Crippen MR) is 74.1 cm³/mol. The normalized spacial score (nSPS) is 17.5. The summed E-state index contributed by atoms with van der Waals surface area (Å²) in [6.07, 6.45) is 4.00. The monoisotopic (exact) mass is 270 g/mol. The van der Waals surface area contributed by atoms with Gasteiger partial charge in [0.2, 0.25) is 0 Å². The minimum Gasteiger partial charge on any atom is -0.480 e. The van der Waals surface area contributed by atoms with E-state index in [2.05, 4.69) is 13.8 Å². The lowest BCUT2D eigenvalue weighted by molar-refractivity contribution is -0.138. The molecule has 1 atom stereocenters. The van der Waals surface area contributed by atoms with Gasteiger partial charge in [-0.3, -0.25) is 4.79 Å². The second-order valence-corrected chi connectivity index (χ2v) is 5.84. The van der Waals surface area contributed by atoms with Crippen molar-refractivity contribution >= 4 is 12.0 Å². The number of rotatable bonds is 5. The van der Waals surface area contributed by atoms with Gasteiger partial charge in [0, 0.05) is 19.1 Å². The van der Waals surface area contributed by atoms with Crippen molar-refractivity contribution in [2.24, 2.45) is 5.92 Å². The fraction of sp³-hybridized carbons (Fsp3) is 0.857. The Morgan fingerprint density at radius 1 is 1.21 bits per heavy atom. The molecule has 2 amide bonds. The fourth-order valence-electron chi connectivity index (χ4n) is 2.54. The van der Waals surface area contributed by atoms with Crippen molar-refractivity contribution in [2.45, 2.75) is 58.5 Å². The molecule has 0 spiro atoms. The number of nitrogens with zero attached hydrogens (tertiary/aromatic N) is 2. The minimum atomic E-state index is -0.939. The zero-order chi connectivity index (χ0) is 14.6. The van der Waals surface area contributed by atoms with Gasteiger partial charge in [-0.2, -0.15) is 0 Å². The second kappa shape index (κ2) is 6.78. The van der Waals surface area contributed by atoms with Crippen molar-refractivity contribution in [1.82, 2.24) is 9.80 Å². The summed E-state index contributed by atoms with van der Waals surface area (Å²) in [5.74, 6) is -0.588. The van der Waals surface area contributed by atoms with Crippen LogP contribution in [0, 0.1) is 5.92 Å². The number of aliphatic carboxylic acids is 1. The van der Waals surface area contributed by atoms with Crippen molar-refractivity contribution in [3.05, 3.63) is 0 Å². The van der Waals surface area contributed by atoms with E-state index in [9.17, 15) is 9.59 Å². The van der Waals surface area contributed by atoms with Crippen molar-refractivity contribution in [1.29, 1.82) is 0 Å². The maximum atomic E-state index is 12.5. The summed E-state index contributed by atoms with van der Waals surface area (Å²) in [5, 5.41) is 9.01. The Balaban J connectivity index is 2.78. The lowest BCUT2D eigenvalue weighted by atomic mass is 10.1. The Morgan fingerprint density at radius 2 is 1.74 bits per heavy atom. The first kappa shape index (κ1) is 15.8. The molecule has 5 nitrogen and oxygen atoms in total. The van der Waals surface area contributed by atoms with E-state index < -0.39 is 5.97 Å². The highest BCUT2D eigenvalue weighted by Crippen LogP contribution is 2.25. The molecule has 1 saturated carbocycles. The van der Waals surface area contributed by atoms with Gasteiger partial charge in [-0.15, -0.1) is 0 Å². The van der Waals surface area contributed by atoms with Crippen LogP contribution in [0.4, 0.5) is 4.79 Å². The Labute approximate surface area is 115 Å². The highest BCUT2D eigenvalue weighted by molar-refractivity contribution is 5.80. The van der Waals surface area contributed by atoms with Crippen LogP contribution >= 0.6 is 0 Å². The third-order valence-corrected chi connectivity index (χ3v) is 4.19. The second-order valence-electron chi connectivity index (χ2n) is 5.84. The molecule has 1 N–H and O–H groups in total. The van der Waals surface area contributed by atoms with Crippen LogP contribution in [0.15, 0.2) is 0 Å². The summed E-state index contributed by atoms with van der Waals surface area (Å²) in [6, 6.07) is 0.0334. The molecule has 1 aliphatic rings. The van der Waals surface area contributed by atoms with E-state index in [1.54, 1.807) is 11.9 Å².